The van der Waals surface area contributed by atoms with Crippen LogP contribution in [0.1, 0.15) is 39.0 Å². The van der Waals surface area contributed by atoms with Crippen LogP contribution >= 0.6 is 0 Å². The van der Waals surface area contributed by atoms with Gasteiger partial charge in [0.05, 0.1) is 0 Å². The molecule has 0 atom stereocenters. The molecule has 0 saturated heterocycles. The predicted octanol–water partition coefficient (Wildman–Crippen LogP) is 2.19. The number of methoxy groups -OCH3 is 1. The van der Waals surface area contributed by atoms with Crippen LogP contribution in [0.4, 0.5) is 0 Å². The average Bonchev–Trinajstić information content (AvgIpc) is 2.10. The zero-order valence-corrected chi connectivity index (χ0v) is 8.57. The highest BCUT2D eigenvalue weighted by molar-refractivity contribution is 4.48. The van der Waals surface area contributed by atoms with Crippen LogP contribution in [0.3, 0.4) is 0 Å². The monoisotopic (exact) mass is 173 g/mol. The van der Waals surface area contributed by atoms with E-state index in [0.29, 0.717) is 0 Å². The van der Waals surface area contributed by atoms with Crippen LogP contribution in [0.15, 0.2) is 0 Å². The summed E-state index contributed by atoms with van der Waals surface area (Å²) in [4.78, 5) is 0. The van der Waals surface area contributed by atoms with Crippen LogP contribution in [0.5, 0.6) is 0 Å². The molecule has 0 bridgehead atoms. The summed E-state index contributed by atoms with van der Waals surface area (Å²) in [6, 6.07) is 0. The smallest absolute Gasteiger partial charge is 0.0462 e. The fourth-order valence-corrected chi connectivity index (χ4v) is 1.12. The molecule has 12 heavy (non-hydrogen) atoms. The van der Waals surface area contributed by atoms with Crippen LogP contribution < -0.4 is 5.32 Å². The number of unbranched alkanes of at least 4 members (excludes halogenated alkanes) is 3. The van der Waals surface area contributed by atoms with Gasteiger partial charge >= 0.3 is 0 Å². The van der Waals surface area contributed by atoms with Crippen LogP contribution in [0.25, 0.3) is 0 Å². The Labute approximate surface area is 76.7 Å². The first-order valence-electron chi connectivity index (χ1n) is 5.11. The fraction of sp³-hybridized carbons (Fsp3) is 1.00. The van der Waals surface area contributed by atoms with Gasteiger partial charge in [0.1, 0.15) is 0 Å². The van der Waals surface area contributed by atoms with Gasteiger partial charge in [-0.3, -0.25) is 0 Å². The molecule has 0 fully saturated rings. The average molecular weight is 173 g/mol. The van der Waals surface area contributed by atoms with Gasteiger partial charge in [-0.2, -0.15) is 0 Å². The highest BCUT2D eigenvalue weighted by Crippen LogP contribution is 1.92. The van der Waals surface area contributed by atoms with Crippen molar-refractivity contribution in [1.82, 2.24) is 5.32 Å². The van der Waals surface area contributed by atoms with E-state index in [1.807, 2.05) is 0 Å². The van der Waals surface area contributed by atoms with Crippen molar-refractivity contribution in [1.29, 1.82) is 0 Å². The van der Waals surface area contributed by atoms with Crippen LogP contribution in [-0.4, -0.2) is 26.8 Å². The molecule has 0 spiro atoms. The molecule has 0 aromatic heterocycles. The zero-order valence-electron chi connectivity index (χ0n) is 8.57. The van der Waals surface area contributed by atoms with Crippen molar-refractivity contribution in [2.24, 2.45) is 0 Å². The van der Waals surface area contributed by atoms with E-state index < -0.39 is 0 Å². The molecule has 0 heterocycles. The molecule has 0 aliphatic rings. The second kappa shape index (κ2) is 10.9. The van der Waals surface area contributed by atoms with E-state index in [1.165, 1.54) is 38.6 Å². The Kier molecular flexibility index (Phi) is 10.8. The third-order valence-corrected chi connectivity index (χ3v) is 1.91. The van der Waals surface area contributed by atoms with Gasteiger partial charge in [-0.1, -0.05) is 19.8 Å². The Hall–Kier alpha value is -0.0800. The molecule has 74 valence electrons. The molecule has 2 nitrogen and oxygen atoms in total. The molecule has 0 radical (unpaired) electrons. The minimum absolute atomic E-state index is 0.899. The number of rotatable bonds is 9. The normalized spacial score (nSPS) is 10.5. The lowest BCUT2D eigenvalue weighted by molar-refractivity contribution is 0.192. The zero-order chi connectivity index (χ0) is 9.07. The van der Waals surface area contributed by atoms with E-state index in [0.717, 1.165) is 13.2 Å². The van der Waals surface area contributed by atoms with Gasteiger partial charge in [0.15, 0.2) is 0 Å². The first-order chi connectivity index (χ1) is 5.91. The molecule has 0 rings (SSSR count). The number of hydrogen-bond donors (Lipinski definition) is 1. The fourth-order valence-electron chi connectivity index (χ4n) is 1.12. The summed E-state index contributed by atoms with van der Waals surface area (Å²) in [6.07, 6.45) is 6.40. The van der Waals surface area contributed by atoms with Gasteiger partial charge < -0.3 is 10.1 Å². The third-order valence-electron chi connectivity index (χ3n) is 1.91. The van der Waals surface area contributed by atoms with Gasteiger partial charge in [-0.15, -0.1) is 0 Å². The van der Waals surface area contributed by atoms with Crippen molar-refractivity contribution < 1.29 is 4.74 Å². The number of ether oxygens (including phenoxy) is 1. The molecule has 1 N–H and O–H groups in total. The summed E-state index contributed by atoms with van der Waals surface area (Å²) >= 11 is 0. The van der Waals surface area contributed by atoms with Crippen molar-refractivity contribution in [2.75, 3.05) is 26.8 Å². The molecule has 0 aromatic carbocycles. The molecule has 0 unspecified atom stereocenters. The summed E-state index contributed by atoms with van der Waals surface area (Å²) in [6.45, 7) is 5.46. The van der Waals surface area contributed by atoms with Crippen LogP contribution in [0.2, 0.25) is 0 Å². The molecule has 0 aromatic rings. The molecule has 0 amide bonds. The van der Waals surface area contributed by atoms with Gasteiger partial charge in [-0.25, -0.2) is 0 Å². The number of hydrogen-bond acceptors (Lipinski definition) is 2. The van der Waals surface area contributed by atoms with Crippen molar-refractivity contribution >= 4 is 0 Å². The van der Waals surface area contributed by atoms with Crippen molar-refractivity contribution in [3.05, 3.63) is 0 Å². The first kappa shape index (κ1) is 11.9. The Morgan fingerprint density at radius 2 is 1.67 bits per heavy atom. The Morgan fingerprint density at radius 3 is 2.25 bits per heavy atom. The van der Waals surface area contributed by atoms with E-state index in [1.54, 1.807) is 7.11 Å². The molecule has 0 saturated carbocycles. The first-order valence-corrected chi connectivity index (χ1v) is 5.11. The summed E-state index contributed by atoms with van der Waals surface area (Å²) in [5.74, 6) is 0. The molecular formula is C10H23NO. The topological polar surface area (TPSA) is 21.3 Å². The van der Waals surface area contributed by atoms with Crippen molar-refractivity contribution in [3.8, 4) is 0 Å². The van der Waals surface area contributed by atoms with E-state index >= 15 is 0 Å². The quantitative estimate of drug-likeness (QED) is 0.540. The highest BCUT2D eigenvalue weighted by atomic mass is 16.5. The molecule has 0 aliphatic carbocycles. The summed E-state index contributed by atoms with van der Waals surface area (Å²) in [5.41, 5.74) is 0. The summed E-state index contributed by atoms with van der Waals surface area (Å²) in [5, 5.41) is 3.42. The van der Waals surface area contributed by atoms with E-state index in [9.17, 15) is 0 Å². The van der Waals surface area contributed by atoms with E-state index in [-0.39, 0.29) is 0 Å². The second-order valence-electron chi connectivity index (χ2n) is 3.16. The Morgan fingerprint density at radius 1 is 1.00 bits per heavy atom. The van der Waals surface area contributed by atoms with Crippen molar-refractivity contribution in [2.45, 2.75) is 39.0 Å². The molecular weight excluding hydrogens is 150 g/mol. The maximum Gasteiger partial charge on any atom is 0.0462 e. The minimum atomic E-state index is 0.899. The van der Waals surface area contributed by atoms with Gasteiger partial charge in [0.25, 0.3) is 0 Å². The Bertz CT molecular complexity index is 66.2. The molecule has 0 aliphatic heterocycles. The van der Waals surface area contributed by atoms with Crippen LogP contribution in [0, 0.1) is 0 Å². The Balaban J connectivity index is 2.73. The maximum absolute atomic E-state index is 4.96. The van der Waals surface area contributed by atoms with Gasteiger partial charge in [0.2, 0.25) is 0 Å². The van der Waals surface area contributed by atoms with Gasteiger partial charge in [-0.05, 0) is 32.4 Å². The SMILES string of the molecule is CCCCCNCCCCOC. The molecule has 2 heteroatoms. The maximum atomic E-state index is 4.96. The largest absolute Gasteiger partial charge is 0.385 e. The predicted molar refractivity (Wildman–Crippen MR) is 53.5 cm³/mol. The second-order valence-corrected chi connectivity index (χ2v) is 3.16. The van der Waals surface area contributed by atoms with E-state index in [2.05, 4.69) is 12.2 Å². The van der Waals surface area contributed by atoms with Gasteiger partial charge in [0, 0.05) is 13.7 Å². The lowest BCUT2D eigenvalue weighted by Crippen LogP contribution is -2.16. The van der Waals surface area contributed by atoms with Crippen molar-refractivity contribution in [3.63, 3.8) is 0 Å². The highest BCUT2D eigenvalue weighted by Gasteiger charge is 1.88. The third kappa shape index (κ3) is 9.92. The van der Waals surface area contributed by atoms with E-state index in [4.69, 9.17) is 4.74 Å². The minimum Gasteiger partial charge on any atom is -0.385 e. The summed E-state index contributed by atoms with van der Waals surface area (Å²) < 4.78 is 4.96. The summed E-state index contributed by atoms with van der Waals surface area (Å²) in [7, 11) is 1.76. The van der Waals surface area contributed by atoms with Crippen LogP contribution in [-0.2, 0) is 4.74 Å². The lowest BCUT2D eigenvalue weighted by Gasteiger charge is -2.03. The standard InChI is InChI=1S/C10H23NO/c1-3-4-5-8-11-9-6-7-10-12-2/h11H,3-10H2,1-2H3. The lowest BCUT2D eigenvalue weighted by atomic mass is 10.2. The number of nitrogens with one attached hydrogen (secondary N) is 1.